The molecule has 198 valence electrons. The van der Waals surface area contributed by atoms with Crippen LogP contribution in [0.25, 0.3) is 0 Å². The van der Waals surface area contributed by atoms with Gasteiger partial charge in [-0.05, 0) is 43.9 Å². The van der Waals surface area contributed by atoms with Crippen LogP contribution >= 0.6 is 6.72 Å². The molecule has 0 aromatic rings. The first-order valence-corrected chi connectivity index (χ1v) is 15.4. The number of nitrogens with zero attached hydrogens (tertiary/aromatic N) is 1. The molecule has 34 heavy (non-hydrogen) atoms. The Morgan fingerprint density at radius 3 is 2.15 bits per heavy atom. The Bertz CT molecular complexity index is 611. The minimum absolute atomic E-state index is 0.00681. The molecule has 0 saturated carbocycles. The first kappa shape index (κ1) is 33.2. The summed E-state index contributed by atoms with van der Waals surface area (Å²) in [5.41, 5.74) is 0. The van der Waals surface area contributed by atoms with Gasteiger partial charge in [-0.1, -0.05) is 70.4 Å². The lowest BCUT2D eigenvalue weighted by Crippen LogP contribution is -2.25. The van der Waals surface area contributed by atoms with Crippen LogP contribution < -0.4 is 0 Å². The number of allylic oxidation sites excluding steroid dienone is 2. The summed E-state index contributed by atoms with van der Waals surface area (Å²) in [5, 5.41) is 8.48. The summed E-state index contributed by atoms with van der Waals surface area (Å²) < 4.78 is 20.6. The number of carbonyl (C=O) groups excluding carboxylic acids is 1. The zero-order valence-electron chi connectivity index (χ0n) is 21.3. The molecule has 0 amide bonds. The minimum atomic E-state index is -3.43. The molecule has 0 radical (unpaired) electrons. The summed E-state index contributed by atoms with van der Waals surface area (Å²) in [4.78, 5) is 21.8. The van der Waals surface area contributed by atoms with Gasteiger partial charge in [-0.3, -0.25) is 4.79 Å². The molecule has 0 fully saturated rings. The van der Waals surface area contributed by atoms with Crippen molar-refractivity contribution in [1.82, 2.24) is 0 Å². The number of ether oxygens (including phenoxy) is 2. The van der Waals surface area contributed by atoms with Crippen molar-refractivity contribution in [2.45, 2.75) is 109 Å². The van der Waals surface area contributed by atoms with Crippen molar-refractivity contribution in [3.63, 3.8) is 0 Å². The number of nitriles is 1. The summed E-state index contributed by atoms with van der Waals surface area (Å²) in [6.45, 7) is -1.20. The first-order valence-electron chi connectivity index (χ1n) is 12.8. The number of hydrogen-bond acceptors (Lipinski definition) is 7. The third kappa shape index (κ3) is 23.0. The molecular weight excluding hydrogens is 473 g/mol. The van der Waals surface area contributed by atoms with Crippen molar-refractivity contribution < 1.29 is 28.2 Å². The van der Waals surface area contributed by atoms with Gasteiger partial charge in [0.2, 0.25) is 0 Å². The highest BCUT2D eigenvalue weighted by molar-refractivity contribution is 8.07. The molecule has 2 unspecified atom stereocenters. The first-order chi connectivity index (χ1) is 16.4. The van der Waals surface area contributed by atoms with Gasteiger partial charge in [0.1, 0.15) is 12.7 Å². The van der Waals surface area contributed by atoms with Gasteiger partial charge in [0.05, 0.1) is 25.7 Å². The van der Waals surface area contributed by atoms with E-state index in [0.29, 0.717) is 6.42 Å². The molecule has 0 aliphatic rings. The summed E-state index contributed by atoms with van der Waals surface area (Å²) >= 11 is 4.85. The van der Waals surface area contributed by atoms with Crippen LogP contribution in [0, 0.1) is 11.3 Å². The molecule has 0 aromatic carbocycles. The lowest BCUT2D eigenvalue weighted by Gasteiger charge is -2.19. The molecule has 9 heteroatoms. The number of methoxy groups -OCH3 is 1. The summed E-state index contributed by atoms with van der Waals surface area (Å²) in [6, 6.07) is 1.89. The van der Waals surface area contributed by atoms with Gasteiger partial charge in [-0.15, -0.1) is 0 Å². The van der Waals surface area contributed by atoms with Gasteiger partial charge in [-0.25, -0.2) is 0 Å². The Kier molecular flexibility index (Phi) is 23.3. The van der Waals surface area contributed by atoms with Gasteiger partial charge in [0.25, 0.3) is 0 Å². The Morgan fingerprint density at radius 1 is 0.971 bits per heavy atom. The van der Waals surface area contributed by atoms with E-state index in [1.54, 1.807) is 0 Å². The summed E-state index contributed by atoms with van der Waals surface area (Å²) in [6.07, 6.45) is 20.4. The lowest BCUT2D eigenvalue weighted by atomic mass is 10.1. The van der Waals surface area contributed by atoms with E-state index in [9.17, 15) is 9.69 Å². The molecule has 0 saturated heterocycles. The molecule has 0 aliphatic heterocycles. The second-order valence-electron chi connectivity index (χ2n) is 8.38. The Morgan fingerprint density at radius 2 is 1.56 bits per heavy atom. The van der Waals surface area contributed by atoms with Crippen molar-refractivity contribution in [2.24, 2.45) is 0 Å². The third-order valence-electron chi connectivity index (χ3n) is 5.30. The fourth-order valence-electron chi connectivity index (χ4n) is 3.20. The maximum atomic E-state index is 11.9. The molecule has 0 aliphatic carbocycles. The van der Waals surface area contributed by atoms with E-state index < -0.39 is 12.8 Å². The highest BCUT2D eigenvalue weighted by Crippen LogP contribution is 2.43. The van der Waals surface area contributed by atoms with Crippen LogP contribution in [0.1, 0.15) is 103 Å². The second-order valence-corrected chi connectivity index (χ2v) is 11.2. The van der Waals surface area contributed by atoms with Crippen LogP contribution in [-0.4, -0.2) is 43.9 Å². The maximum absolute atomic E-state index is 11.9. The maximum Gasteiger partial charge on any atom is 0.324 e. The van der Waals surface area contributed by atoms with E-state index in [0.717, 1.165) is 25.7 Å². The SMILES string of the molecule is CCCCCCCC/C=C\CCCCCCCC(=O)OCC(COP(O)(=S)OCCC#N)OC. The number of carbonyl (C=O) groups is 1. The Labute approximate surface area is 212 Å². The molecule has 0 aromatic heterocycles. The topological polar surface area (TPSA) is 98.0 Å². The zero-order valence-corrected chi connectivity index (χ0v) is 23.0. The fraction of sp³-hybridized carbons (Fsp3) is 0.840. The zero-order chi connectivity index (χ0) is 25.3. The second kappa shape index (κ2) is 23.9. The van der Waals surface area contributed by atoms with Crippen LogP contribution in [0.5, 0.6) is 0 Å². The van der Waals surface area contributed by atoms with Gasteiger partial charge in [0.15, 0.2) is 0 Å². The van der Waals surface area contributed by atoms with Gasteiger partial charge >= 0.3 is 12.7 Å². The molecule has 0 rings (SSSR count). The van der Waals surface area contributed by atoms with E-state index in [2.05, 4.69) is 19.1 Å². The van der Waals surface area contributed by atoms with Crippen molar-refractivity contribution in [3.8, 4) is 6.07 Å². The fourth-order valence-corrected chi connectivity index (χ4v) is 4.36. The average molecular weight is 520 g/mol. The third-order valence-corrected chi connectivity index (χ3v) is 6.91. The number of unbranched alkanes of at least 4 members (excludes halogenated alkanes) is 11. The monoisotopic (exact) mass is 519 g/mol. The number of esters is 1. The van der Waals surface area contributed by atoms with Crippen molar-refractivity contribution in [2.75, 3.05) is 26.9 Å². The highest BCUT2D eigenvalue weighted by Gasteiger charge is 2.19. The van der Waals surface area contributed by atoms with E-state index in [4.69, 9.17) is 35.6 Å². The van der Waals surface area contributed by atoms with E-state index in [1.165, 1.54) is 64.9 Å². The van der Waals surface area contributed by atoms with Crippen molar-refractivity contribution >= 4 is 24.5 Å². The molecule has 2 atom stereocenters. The Balaban J connectivity index is 3.64. The van der Waals surface area contributed by atoms with Gasteiger partial charge in [0, 0.05) is 13.5 Å². The van der Waals surface area contributed by atoms with Crippen LogP contribution in [-0.2, 0) is 35.1 Å². The van der Waals surface area contributed by atoms with Crippen molar-refractivity contribution in [3.05, 3.63) is 12.2 Å². The summed E-state index contributed by atoms with van der Waals surface area (Å²) in [5.74, 6) is -0.270. The molecule has 1 N–H and O–H groups in total. The average Bonchev–Trinajstić information content (AvgIpc) is 2.81. The molecule has 0 spiro atoms. The summed E-state index contributed by atoms with van der Waals surface area (Å²) in [7, 11) is 1.46. The predicted molar refractivity (Wildman–Crippen MR) is 140 cm³/mol. The van der Waals surface area contributed by atoms with Gasteiger partial charge in [-0.2, -0.15) is 5.26 Å². The predicted octanol–water partition coefficient (Wildman–Crippen LogP) is 6.75. The molecule has 0 bridgehead atoms. The van der Waals surface area contributed by atoms with Crippen molar-refractivity contribution in [1.29, 1.82) is 5.26 Å². The standard InChI is InChI=1S/C25H46NO6PS/c1-3-4-5-6-7-8-9-10-11-12-13-14-15-16-17-19-25(27)30-22-24(29-2)23-32-33(28,34)31-21-18-20-26/h10-11,24H,3-9,12-19,21-23H2,1-2H3,(H,28,34)/b11-10-. The van der Waals surface area contributed by atoms with Crippen LogP contribution in [0.3, 0.4) is 0 Å². The smallest absolute Gasteiger partial charge is 0.324 e. The normalized spacial score (nSPS) is 14.1. The van der Waals surface area contributed by atoms with Crippen LogP contribution in [0.4, 0.5) is 0 Å². The largest absolute Gasteiger partial charge is 0.463 e. The lowest BCUT2D eigenvalue weighted by molar-refractivity contribution is -0.148. The molecule has 7 nitrogen and oxygen atoms in total. The van der Waals surface area contributed by atoms with E-state index >= 15 is 0 Å². The van der Waals surface area contributed by atoms with Gasteiger partial charge < -0.3 is 23.4 Å². The van der Waals surface area contributed by atoms with E-state index in [-0.39, 0.29) is 32.2 Å². The quantitative estimate of drug-likeness (QED) is 0.0647. The minimum Gasteiger partial charge on any atom is -0.463 e. The number of hydrogen-bond donors (Lipinski definition) is 1. The Hall–Kier alpha value is -0.810. The van der Waals surface area contributed by atoms with Crippen LogP contribution in [0.2, 0.25) is 0 Å². The highest BCUT2D eigenvalue weighted by atomic mass is 32.5. The molecule has 0 heterocycles. The molecular formula is C25H46NO6PS. The number of rotatable bonds is 24. The van der Waals surface area contributed by atoms with E-state index in [1.807, 2.05) is 6.07 Å². The van der Waals surface area contributed by atoms with Crippen LogP contribution in [0.15, 0.2) is 12.2 Å².